The molecule has 0 spiro atoms. The molecule has 1 unspecified atom stereocenters. The van der Waals surface area contributed by atoms with Gasteiger partial charge in [0.1, 0.15) is 10.6 Å². The molecule has 24 heavy (non-hydrogen) atoms. The standard InChI is InChI=1S/C18H14FN3OS/c1-18(10-12-3-2-4-13(9-12)11-20)16(23)22-17(24-18)21-15-7-5-14(19)6-8-15/h2-9H,10H2,1H3,(H,21,22,23). The highest BCUT2D eigenvalue weighted by Crippen LogP contribution is 2.36. The van der Waals surface area contributed by atoms with E-state index in [1.807, 2.05) is 19.1 Å². The predicted octanol–water partition coefficient (Wildman–Crippen LogP) is 3.55. The molecule has 1 aliphatic heterocycles. The third kappa shape index (κ3) is 3.47. The predicted molar refractivity (Wildman–Crippen MR) is 92.5 cm³/mol. The monoisotopic (exact) mass is 339 g/mol. The molecule has 4 nitrogen and oxygen atoms in total. The minimum Gasteiger partial charge on any atom is -0.304 e. The summed E-state index contributed by atoms with van der Waals surface area (Å²) in [5.41, 5.74) is 2.07. The summed E-state index contributed by atoms with van der Waals surface area (Å²) in [6.07, 6.45) is 0.488. The van der Waals surface area contributed by atoms with Gasteiger partial charge in [-0.1, -0.05) is 23.9 Å². The molecule has 2 aromatic rings. The number of amidine groups is 1. The van der Waals surface area contributed by atoms with E-state index in [1.165, 1.54) is 23.9 Å². The second-order valence-corrected chi connectivity index (χ2v) is 7.16. The minimum absolute atomic E-state index is 0.129. The van der Waals surface area contributed by atoms with E-state index in [0.717, 1.165) is 5.56 Å². The van der Waals surface area contributed by atoms with Gasteiger partial charge in [0.05, 0.1) is 17.3 Å². The average molecular weight is 339 g/mol. The first kappa shape index (κ1) is 16.2. The van der Waals surface area contributed by atoms with Crippen LogP contribution in [0.2, 0.25) is 0 Å². The van der Waals surface area contributed by atoms with Crippen molar-refractivity contribution < 1.29 is 9.18 Å². The highest BCUT2D eigenvalue weighted by molar-refractivity contribution is 8.16. The third-order valence-corrected chi connectivity index (χ3v) is 4.84. The van der Waals surface area contributed by atoms with E-state index >= 15 is 0 Å². The average Bonchev–Trinajstić information content (AvgIpc) is 2.83. The Kier molecular flexibility index (Phi) is 4.36. The van der Waals surface area contributed by atoms with Crippen molar-refractivity contribution in [1.29, 1.82) is 5.26 Å². The number of carbonyl (C=O) groups is 1. The van der Waals surface area contributed by atoms with Crippen molar-refractivity contribution in [3.63, 3.8) is 0 Å². The van der Waals surface area contributed by atoms with E-state index in [-0.39, 0.29) is 11.7 Å². The number of nitriles is 1. The summed E-state index contributed by atoms with van der Waals surface area (Å²) < 4.78 is 12.2. The van der Waals surface area contributed by atoms with Crippen molar-refractivity contribution in [3.05, 3.63) is 65.5 Å². The summed E-state index contributed by atoms with van der Waals surface area (Å²) in [7, 11) is 0. The van der Waals surface area contributed by atoms with Crippen molar-refractivity contribution in [2.24, 2.45) is 4.99 Å². The lowest BCUT2D eigenvalue weighted by Crippen LogP contribution is -2.35. The molecule has 1 amide bonds. The Hall–Kier alpha value is -2.65. The van der Waals surface area contributed by atoms with Crippen LogP contribution in [0.15, 0.2) is 53.5 Å². The highest BCUT2D eigenvalue weighted by Gasteiger charge is 2.42. The number of nitrogens with zero attached hydrogens (tertiary/aromatic N) is 2. The molecule has 1 atom stereocenters. The zero-order chi connectivity index (χ0) is 17.2. The Labute approximate surface area is 143 Å². The summed E-state index contributed by atoms with van der Waals surface area (Å²) in [6, 6.07) is 15.1. The van der Waals surface area contributed by atoms with Crippen LogP contribution in [0.1, 0.15) is 18.1 Å². The van der Waals surface area contributed by atoms with Crippen molar-refractivity contribution in [2.75, 3.05) is 0 Å². The van der Waals surface area contributed by atoms with Crippen LogP contribution in [-0.2, 0) is 11.2 Å². The summed E-state index contributed by atoms with van der Waals surface area (Å²) in [5, 5.41) is 12.2. The van der Waals surface area contributed by atoms with Crippen LogP contribution >= 0.6 is 11.8 Å². The van der Waals surface area contributed by atoms with Gasteiger partial charge in [0.15, 0.2) is 5.17 Å². The van der Waals surface area contributed by atoms with E-state index in [9.17, 15) is 9.18 Å². The van der Waals surface area contributed by atoms with Gasteiger partial charge in [-0.25, -0.2) is 9.38 Å². The maximum atomic E-state index is 12.9. The Balaban J connectivity index is 1.80. The van der Waals surface area contributed by atoms with Crippen LogP contribution in [0.3, 0.4) is 0 Å². The van der Waals surface area contributed by atoms with Crippen LogP contribution in [0, 0.1) is 17.1 Å². The topological polar surface area (TPSA) is 65.2 Å². The maximum absolute atomic E-state index is 12.9. The maximum Gasteiger partial charge on any atom is 0.242 e. The van der Waals surface area contributed by atoms with Gasteiger partial charge in [0.2, 0.25) is 5.91 Å². The van der Waals surface area contributed by atoms with Gasteiger partial charge in [-0.05, 0) is 55.3 Å². The number of hydrogen-bond acceptors (Lipinski definition) is 4. The number of aliphatic imine (C=N–C) groups is 1. The first-order valence-electron chi connectivity index (χ1n) is 7.32. The lowest BCUT2D eigenvalue weighted by atomic mass is 9.98. The van der Waals surface area contributed by atoms with Crippen LogP contribution in [0.5, 0.6) is 0 Å². The molecule has 6 heteroatoms. The van der Waals surface area contributed by atoms with Crippen LogP contribution in [0.4, 0.5) is 10.1 Å². The number of halogens is 1. The first-order chi connectivity index (χ1) is 11.5. The van der Waals surface area contributed by atoms with E-state index in [1.54, 1.807) is 24.3 Å². The molecule has 1 saturated heterocycles. The van der Waals surface area contributed by atoms with Crippen molar-refractivity contribution >= 4 is 28.5 Å². The Bertz CT molecular complexity index is 857. The van der Waals surface area contributed by atoms with E-state index in [4.69, 9.17) is 5.26 Å². The largest absolute Gasteiger partial charge is 0.304 e. The number of amides is 1. The second kappa shape index (κ2) is 6.46. The molecule has 1 fully saturated rings. The molecule has 0 radical (unpaired) electrons. The third-order valence-electron chi connectivity index (χ3n) is 3.68. The van der Waals surface area contributed by atoms with Gasteiger partial charge >= 0.3 is 0 Å². The zero-order valence-electron chi connectivity index (χ0n) is 12.9. The molecule has 1 aliphatic rings. The molecule has 0 saturated carbocycles. The van der Waals surface area contributed by atoms with Gasteiger partial charge in [0.25, 0.3) is 0 Å². The fourth-order valence-electron chi connectivity index (χ4n) is 2.45. The number of carbonyl (C=O) groups excluding carboxylic acids is 1. The molecule has 1 N–H and O–H groups in total. The van der Waals surface area contributed by atoms with Crippen LogP contribution in [0.25, 0.3) is 0 Å². The Morgan fingerprint density at radius 1 is 1.29 bits per heavy atom. The number of benzene rings is 2. The minimum atomic E-state index is -0.701. The van der Waals surface area contributed by atoms with Gasteiger partial charge in [-0.3, -0.25) is 4.79 Å². The van der Waals surface area contributed by atoms with E-state index in [0.29, 0.717) is 22.8 Å². The van der Waals surface area contributed by atoms with Gasteiger partial charge in [-0.2, -0.15) is 5.26 Å². The second-order valence-electron chi connectivity index (χ2n) is 5.67. The molecule has 120 valence electrons. The molecule has 3 rings (SSSR count). The molecule has 1 heterocycles. The Morgan fingerprint density at radius 2 is 2.04 bits per heavy atom. The fraction of sp³-hybridized carbons (Fsp3) is 0.167. The van der Waals surface area contributed by atoms with Crippen LogP contribution in [-0.4, -0.2) is 15.8 Å². The molecule has 0 bridgehead atoms. The smallest absolute Gasteiger partial charge is 0.242 e. The van der Waals surface area contributed by atoms with E-state index < -0.39 is 4.75 Å². The fourth-order valence-corrected chi connectivity index (χ4v) is 3.56. The quantitative estimate of drug-likeness (QED) is 0.930. The molecule has 2 aromatic carbocycles. The summed E-state index contributed by atoms with van der Waals surface area (Å²) in [4.78, 5) is 16.7. The molecular formula is C18H14FN3OS. The van der Waals surface area contributed by atoms with Gasteiger partial charge in [-0.15, -0.1) is 0 Å². The lowest BCUT2D eigenvalue weighted by Gasteiger charge is -2.18. The van der Waals surface area contributed by atoms with Crippen molar-refractivity contribution in [1.82, 2.24) is 5.32 Å². The van der Waals surface area contributed by atoms with Crippen LogP contribution < -0.4 is 5.32 Å². The summed E-state index contributed by atoms with van der Waals surface area (Å²) in [5.74, 6) is -0.458. The van der Waals surface area contributed by atoms with E-state index in [2.05, 4.69) is 16.4 Å². The molecular weight excluding hydrogens is 325 g/mol. The number of thioether (sulfide) groups is 1. The van der Waals surface area contributed by atoms with Gasteiger partial charge in [0, 0.05) is 0 Å². The lowest BCUT2D eigenvalue weighted by molar-refractivity contribution is -0.121. The first-order valence-corrected chi connectivity index (χ1v) is 8.14. The van der Waals surface area contributed by atoms with Gasteiger partial charge < -0.3 is 5.32 Å². The molecule has 0 aromatic heterocycles. The number of rotatable bonds is 3. The van der Waals surface area contributed by atoms with Crippen molar-refractivity contribution in [3.8, 4) is 6.07 Å². The van der Waals surface area contributed by atoms with Crippen molar-refractivity contribution in [2.45, 2.75) is 18.1 Å². The summed E-state index contributed by atoms with van der Waals surface area (Å²) >= 11 is 1.34. The SMILES string of the molecule is CC1(Cc2cccc(C#N)c2)SC(=Nc2ccc(F)cc2)NC1=O. The highest BCUT2D eigenvalue weighted by atomic mass is 32.2. The number of hydrogen-bond donors (Lipinski definition) is 1. The summed E-state index contributed by atoms with van der Waals surface area (Å²) in [6.45, 7) is 1.85. The molecule has 0 aliphatic carbocycles. The zero-order valence-corrected chi connectivity index (χ0v) is 13.7. The Morgan fingerprint density at radius 3 is 2.75 bits per heavy atom. The number of nitrogens with one attached hydrogen (secondary N) is 1. The normalized spacial score (nSPS) is 21.5.